The predicted molar refractivity (Wildman–Crippen MR) is 109 cm³/mol. The standard InChI is InChI=1S/C21H32N2O2.ClH/c1-15(17-10-12-22-13-11-17)14-21(24)23(16(2)18-4-5-18)19-6-8-20(25-3)9-7-19;/h6-9,15-18,22H,4-5,10-14H2,1-3H3;1H. The fourth-order valence-electron chi connectivity index (χ4n) is 4.09. The minimum Gasteiger partial charge on any atom is -0.497 e. The van der Waals surface area contributed by atoms with Gasteiger partial charge >= 0.3 is 0 Å². The van der Waals surface area contributed by atoms with E-state index in [0.717, 1.165) is 24.5 Å². The summed E-state index contributed by atoms with van der Waals surface area (Å²) in [5, 5.41) is 3.42. The molecule has 1 saturated carbocycles. The first kappa shape index (κ1) is 21.0. The van der Waals surface area contributed by atoms with Crippen LogP contribution in [0.5, 0.6) is 5.75 Å². The van der Waals surface area contributed by atoms with Crippen molar-refractivity contribution in [2.45, 2.75) is 52.0 Å². The third-order valence-electron chi connectivity index (χ3n) is 6.02. The number of nitrogens with one attached hydrogen (secondary N) is 1. The summed E-state index contributed by atoms with van der Waals surface area (Å²) >= 11 is 0. The average molecular weight is 381 g/mol. The normalized spacial score (nSPS) is 20.0. The Bertz CT molecular complexity index is 568. The molecule has 3 rings (SSSR count). The fourth-order valence-corrected chi connectivity index (χ4v) is 4.09. The number of anilines is 1. The maximum absolute atomic E-state index is 13.2. The van der Waals surface area contributed by atoms with E-state index in [1.807, 2.05) is 24.3 Å². The van der Waals surface area contributed by atoms with E-state index in [2.05, 4.69) is 24.1 Å². The SMILES string of the molecule is COc1ccc(N(C(=O)CC(C)C2CCNCC2)C(C)C2CC2)cc1.Cl. The second-order valence-electron chi connectivity index (χ2n) is 7.81. The Balaban J connectivity index is 0.00000243. The van der Waals surface area contributed by atoms with E-state index in [4.69, 9.17) is 4.74 Å². The zero-order valence-corrected chi connectivity index (χ0v) is 17.1. The van der Waals surface area contributed by atoms with Crippen molar-refractivity contribution in [3.05, 3.63) is 24.3 Å². The van der Waals surface area contributed by atoms with Gasteiger partial charge in [0.1, 0.15) is 5.75 Å². The van der Waals surface area contributed by atoms with Crippen molar-refractivity contribution in [2.75, 3.05) is 25.1 Å². The Hall–Kier alpha value is -1.26. The molecule has 1 aliphatic heterocycles. The van der Waals surface area contributed by atoms with Gasteiger partial charge in [0.15, 0.2) is 0 Å². The number of carbonyl (C=O) groups is 1. The lowest BCUT2D eigenvalue weighted by molar-refractivity contribution is -0.120. The van der Waals surface area contributed by atoms with Gasteiger partial charge in [0, 0.05) is 18.2 Å². The molecule has 0 aromatic heterocycles. The number of piperidine rings is 1. The molecule has 2 atom stereocenters. The van der Waals surface area contributed by atoms with Gasteiger partial charge in [-0.05, 0) is 87.7 Å². The molecule has 1 saturated heterocycles. The molecule has 0 bridgehead atoms. The van der Waals surface area contributed by atoms with Crippen molar-refractivity contribution in [1.29, 1.82) is 0 Å². The number of hydrogen-bond donors (Lipinski definition) is 1. The van der Waals surface area contributed by atoms with Crippen molar-refractivity contribution in [3.8, 4) is 5.75 Å². The predicted octanol–water partition coefficient (Wildman–Crippen LogP) is 4.27. The highest BCUT2D eigenvalue weighted by Gasteiger charge is 2.36. The molecule has 4 nitrogen and oxygen atoms in total. The molecule has 1 aromatic rings. The number of carbonyl (C=O) groups excluding carboxylic acids is 1. The Morgan fingerprint density at radius 3 is 2.27 bits per heavy atom. The van der Waals surface area contributed by atoms with Crippen molar-refractivity contribution < 1.29 is 9.53 Å². The molecule has 5 heteroatoms. The van der Waals surface area contributed by atoms with Crippen LogP contribution in [0, 0.1) is 17.8 Å². The molecule has 26 heavy (non-hydrogen) atoms. The van der Waals surface area contributed by atoms with Gasteiger partial charge in [-0.3, -0.25) is 4.79 Å². The molecule has 1 aliphatic carbocycles. The fraction of sp³-hybridized carbons (Fsp3) is 0.667. The summed E-state index contributed by atoms with van der Waals surface area (Å²) in [6.07, 6.45) is 5.51. The summed E-state index contributed by atoms with van der Waals surface area (Å²) in [6.45, 7) is 6.63. The zero-order chi connectivity index (χ0) is 17.8. The van der Waals surface area contributed by atoms with E-state index in [9.17, 15) is 4.79 Å². The summed E-state index contributed by atoms with van der Waals surface area (Å²) in [5.74, 6) is 2.87. The molecule has 0 spiro atoms. The number of hydrogen-bond acceptors (Lipinski definition) is 3. The second kappa shape index (κ2) is 9.61. The first-order valence-corrected chi connectivity index (χ1v) is 9.77. The Kier molecular flexibility index (Phi) is 7.78. The number of nitrogens with zero attached hydrogens (tertiary/aromatic N) is 1. The van der Waals surface area contributed by atoms with Crippen LogP contribution in [0.4, 0.5) is 5.69 Å². The van der Waals surface area contributed by atoms with Gasteiger partial charge in [0.2, 0.25) is 5.91 Å². The number of rotatable bonds is 7. The summed E-state index contributed by atoms with van der Waals surface area (Å²) < 4.78 is 5.26. The van der Waals surface area contributed by atoms with E-state index in [1.54, 1.807) is 7.11 Å². The van der Waals surface area contributed by atoms with E-state index in [0.29, 0.717) is 24.2 Å². The van der Waals surface area contributed by atoms with Crippen molar-refractivity contribution in [3.63, 3.8) is 0 Å². The van der Waals surface area contributed by atoms with Gasteiger partial charge in [0.05, 0.1) is 7.11 Å². The van der Waals surface area contributed by atoms with Crippen LogP contribution in [0.15, 0.2) is 24.3 Å². The molecule has 1 N–H and O–H groups in total. The number of halogens is 1. The maximum Gasteiger partial charge on any atom is 0.227 e. The number of methoxy groups -OCH3 is 1. The van der Waals surface area contributed by atoms with Crippen LogP contribution in [-0.4, -0.2) is 32.1 Å². The lowest BCUT2D eigenvalue weighted by Crippen LogP contribution is -2.41. The first-order valence-electron chi connectivity index (χ1n) is 9.77. The summed E-state index contributed by atoms with van der Waals surface area (Å²) in [7, 11) is 1.67. The van der Waals surface area contributed by atoms with Gasteiger partial charge in [0.25, 0.3) is 0 Å². The van der Waals surface area contributed by atoms with Gasteiger partial charge in [-0.1, -0.05) is 6.92 Å². The van der Waals surface area contributed by atoms with Crippen LogP contribution in [0.2, 0.25) is 0 Å². The Morgan fingerprint density at radius 2 is 1.73 bits per heavy atom. The minimum atomic E-state index is 0. The van der Waals surface area contributed by atoms with Crippen LogP contribution in [0.25, 0.3) is 0 Å². The maximum atomic E-state index is 13.2. The van der Waals surface area contributed by atoms with Gasteiger partial charge in [-0.2, -0.15) is 0 Å². The van der Waals surface area contributed by atoms with E-state index < -0.39 is 0 Å². The van der Waals surface area contributed by atoms with Crippen LogP contribution in [-0.2, 0) is 4.79 Å². The van der Waals surface area contributed by atoms with Gasteiger partial charge in [-0.15, -0.1) is 12.4 Å². The second-order valence-corrected chi connectivity index (χ2v) is 7.81. The highest BCUT2D eigenvalue weighted by atomic mass is 35.5. The van der Waals surface area contributed by atoms with E-state index in [-0.39, 0.29) is 24.4 Å². The minimum absolute atomic E-state index is 0. The molecule has 0 radical (unpaired) electrons. The molecule has 1 heterocycles. The Labute approximate surface area is 164 Å². The smallest absolute Gasteiger partial charge is 0.227 e. The van der Waals surface area contributed by atoms with Crippen LogP contribution >= 0.6 is 12.4 Å². The lowest BCUT2D eigenvalue weighted by Gasteiger charge is -2.33. The number of ether oxygens (including phenoxy) is 1. The lowest BCUT2D eigenvalue weighted by atomic mass is 9.83. The zero-order valence-electron chi connectivity index (χ0n) is 16.2. The topological polar surface area (TPSA) is 41.6 Å². The van der Waals surface area contributed by atoms with E-state index in [1.165, 1.54) is 25.7 Å². The molecule has 2 unspecified atom stereocenters. The highest BCUT2D eigenvalue weighted by molar-refractivity contribution is 5.94. The van der Waals surface area contributed by atoms with Crippen LogP contribution < -0.4 is 15.0 Å². The third-order valence-corrected chi connectivity index (χ3v) is 6.02. The summed E-state index contributed by atoms with van der Waals surface area (Å²) in [5.41, 5.74) is 1.00. The monoisotopic (exact) mass is 380 g/mol. The third kappa shape index (κ3) is 5.14. The largest absolute Gasteiger partial charge is 0.497 e. The summed E-state index contributed by atoms with van der Waals surface area (Å²) in [4.78, 5) is 15.3. The molecule has 1 aromatic carbocycles. The quantitative estimate of drug-likeness (QED) is 0.767. The Morgan fingerprint density at radius 1 is 1.12 bits per heavy atom. The van der Waals surface area contributed by atoms with Gasteiger partial charge in [-0.25, -0.2) is 0 Å². The van der Waals surface area contributed by atoms with E-state index >= 15 is 0 Å². The summed E-state index contributed by atoms with van der Waals surface area (Å²) in [6, 6.07) is 8.22. The molecular weight excluding hydrogens is 348 g/mol. The highest BCUT2D eigenvalue weighted by Crippen LogP contribution is 2.38. The average Bonchev–Trinajstić information content (AvgIpc) is 3.48. The van der Waals surface area contributed by atoms with Gasteiger partial charge < -0.3 is 15.0 Å². The molecule has 2 aliphatic rings. The number of amides is 1. The number of benzene rings is 1. The van der Waals surface area contributed by atoms with Crippen molar-refractivity contribution in [1.82, 2.24) is 5.32 Å². The van der Waals surface area contributed by atoms with Crippen LogP contribution in [0.3, 0.4) is 0 Å². The van der Waals surface area contributed by atoms with Crippen LogP contribution in [0.1, 0.15) is 46.0 Å². The molecule has 146 valence electrons. The first-order chi connectivity index (χ1) is 12.1. The van der Waals surface area contributed by atoms with Crippen molar-refractivity contribution >= 4 is 24.0 Å². The molecular formula is C21H33ClN2O2. The van der Waals surface area contributed by atoms with Crippen molar-refractivity contribution in [2.24, 2.45) is 17.8 Å². The molecule has 2 fully saturated rings. The molecule has 1 amide bonds.